The van der Waals surface area contributed by atoms with Crippen LogP contribution in [0.3, 0.4) is 0 Å². The highest BCUT2D eigenvalue weighted by Gasteiger charge is 2.69. The third-order valence-electron chi connectivity index (χ3n) is 10.8. The predicted octanol–water partition coefficient (Wildman–Crippen LogP) is 5.53. The molecule has 5 aliphatic rings. The number of halogens is 3. The van der Waals surface area contributed by atoms with E-state index in [4.69, 9.17) is 9.47 Å². The first-order valence-corrected chi connectivity index (χ1v) is 17.8. The van der Waals surface area contributed by atoms with Crippen molar-refractivity contribution in [3.63, 3.8) is 0 Å². The second kappa shape index (κ2) is 11.7. The van der Waals surface area contributed by atoms with Gasteiger partial charge in [-0.15, -0.1) is 11.8 Å². The number of anilines is 1. The second-order valence-corrected chi connectivity index (χ2v) is 15.4. The Hall–Kier alpha value is -3.78. The van der Waals surface area contributed by atoms with Crippen LogP contribution in [-0.4, -0.2) is 59.7 Å². The summed E-state index contributed by atoms with van der Waals surface area (Å²) in [7, 11) is 1.52. The molecule has 2 saturated heterocycles. The number of H-pyrrole nitrogens is 1. The van der Waals surface area contributed by atoms with Crippen LogP contribution in [0, 0.1) is 29.6 Å². The molecular weight excluding hydrogens is 668 g/mol. The van der Waals surface area contributed by atoms with E-state index in [1.54, 1.807) is 6.07 Å². The van der Waals surface area contributed by atoms with Gasteiger partial charge in [0.25, 0.3) is 5.91 Å². The van der Waals surface area contributed by atoms with Crippen LogP contribution in [0.1, 0.15) is 47.6 Å². The molecule has 3 aromatic rings. The first-order chi connectivity index (χ1) is 23.0. The number of alkyl halides is 3. The number of piperidine rings is 1. The predicted molar refractivity (Wildman–Crippen MR) is 171 cm³/mol. The molecule has 8 rings (SSSR count). The molecule has 4 fully saturated rings. The number of fused-ring (bicyclic) bond motifs is 9. The average Bonchev–Trinajstić information content (AvgIpc) is 3.82. The van der Waals surface area contributed by atoms with Gasteiger partial charge >= 0.3 is 11.0 Å². The molecule has 2 aromatic carbocycles. The molecule has 14 heteroatoms. The fourth-order valence-corrected chi connectivity index (χ4v) is 11.7. The first kappa shape index (κ1) is 31.5. The van der Waals surface area contributed by atoms with Crippen molar-refractivity contribution in [1.82, 2.24) is 9.88 Å². The molecule has 1 aromatic heterocycles. The number of hydrogen-bond donors (Lipinski definition) is 1. The van der Waals surface area contributed by atoms with Gasteiger partial charge in [-0.25, -0.2) is 0 Å². The molecule has 9 nitrogen and oxygen atoms in total. The molecule has 4 heterocycles. The van der Waals surface area contributed by atoms with Gasteiger partial charge in [0.1, 0.15) is 0 Å². The molecule has 48 heavy (non-hydrogen) atoms. The van der Waals surface area contributed by atoms with Gasteiger partial charge < -0.3 is 19.4 Å². The second-order valence-electron chi connectivity index (χ2n) is 13.2. The fraction of sp³-hybridized carbons (Fsp3) is 0.471. The molecule has 2 aliphatic carbocycles. The standard InChI is InChI=1S/C34H32F3N3O6S2/c1-45-22-12-16(8-9-21(22)46-15-23(41)39-10-3-2-4-11-39)24-25-19-14-20(28(25)47-30-29(24)48-33(44)38-30)27-26(19)31(42)40(32(27)43)18-7-5-6-17(13-18)34(35,36)37/h5-9,12-13,19-20,24-28H,2-4,10-11,14-15H2,1H3,(H,38,44)/t19-,20-,24-,25?,26?,27?,28?/m1/s1. The van der Waals surface area contributed by atoms with Crippen molar-refractivity contribution in [2.45, 2.75) is 48.1 Å². The Bertz CT molecular complexity index is 1870. The summed E-state index contributed by atoms with van der Waals surface area (Å²) in [5.74, 6) is -2.28. The van der Waals surface area contributed by atoms with Gasteiger partial charge in [-0.2, -0.15) is 13.2 Å². The average molecular weight is 700 g/mol. The number of carbonyl (C=O) groups excluding carboxylic acids is 3. The van der Waals surface area contributed by atoms with Gasteiger partial charge in [-0.05, 0) is 79.3 Å². The lowest BCUT2D eigenvalue weighted by molar-refractivity contribution is -0.137. The number of aromatic amines is 1. The fourth-order valence-electron chi connectivity index (χ4n) is 8.84. The van der Waals surface area contributed by atoms with Crippen molar-refractivity contribution >= 4 is 46.5 Å². The zero-order valence-electron chi connectivity index (χ0n) is 25.8. The Morgan fingerprint density at radius 3 is 2.46 bits per heavy atom. The normalized spacial score (nSPS) is 29.1. The Labute approximate surface area is 281 Å². The summed E-state index contributed by atoms with van der Waals surface area (Å²) in [4.78, 5) is 59.7. The topological polar surface area (TPSA) is 109 Å². The quantitative estimate of drug-likeness (QED) is 0.337. The number of rotatable bonds is 6. The molecule has 3 aliphatic heterocycles. The molecule has 4 unspecified atom stereocenters. The molecule has 3 amide bonds. The van der Waals surface area contributed by atoms with Crippen molar-refractivity contribution < 1.29 is 37.0 Å². The van der Waals surface area contributed by atoms with Gasteiger partial charge in [0, 0.05) is 29.1 Å². The number of thiazole rings is 1. The van der Waals surface area contributed by atoms with Gasteiger partial charge in [0.05, 0.1) is 35.2 Å². The summed E-state index contributed by atoms with van der Waals surface area (Å²) in [6.45, 7) is 1.33. The summed E-state index contributed by atoms with van der Waals surface area (Å²) in [5, 5.41) is 0.638. The smallest absolute Gasteiger partial charge is 0.416 e. The minimum absolute atomic E-state index is 0.0664. The summed E-state index contributed by atoms with van der Waals surface area (Å²) in [5.41, 5.74) is -0.136. The Morgan fingerprint density at radius 1 is 0.979 bits per heavy atom. The van der Waals surface area contributed by atoms with E-state index in [-0.39, 0.29) is 52.0 Å². The van der Waals surface area contributed by atoms with Crippen LogP contribution in [0.5, 0.6) is 11.5 Å². The number of methoxy groups -OCH3 is 1. The number of nitrogens with zero attached hydrogens (tertiary/aromatic N) is 2. The maximum absolute atomic E-state index is 14.0. The summed E-state index contributed by atoms with van der Waals surface area (Å²) < 4.78 is 52.2. The number of likely N-dealkylation sites (tertiary alicyclic amines) is 1. The number of carbonyl (C=O) groups is 3. The molecule has 7 atom stereocenters. The molecule has 1 N–H and O–H groups in total. The highest BCUT2D eigenvalue weighted by molar-refractivity contribution is 8.00. The molecule has 2 saturated carbocycles. The van der Waals surface area contributed by atoms with Gasteiger partial charge in [0.15, 0.2) is 18.1 Å². The van der Waals surface area contributed by atoms with Crippen LogP contribution in [0.15, 0.2) is 52.3 Å². The molecular formula is C34H32F3N3O6S2. The lowest BCUT2D eigenvalue weighted by atomic mass is 9.68. The number of thioether (sulfide) groups is 1. The molecule has 0 spiro atoms. The van der Waals surface area contributed by atoms with Crippen LogP contribution in [0.2, 0.25) is 0 Å². The van der Waals surface area contributed by atoms with E-state index in [1.807, 2.05) is 17.0 Å². The van der Waals surface area contributed by atoms with E-state index in [0.29, 0.717) is 17.9 Å². The van der Waals surface area contributed by atoms with Crippen molar-refractivity contribution in [1.29, 1.82) is 0 Å². The Balaban J connectivity index is 1.11. The molecule has 2 bridgehead atoms. The van der Waals surface area contributed by atoms with Crippen LogP contribution < -0.4 is 19.2 Å². The van der Waals surface area contributed by atoms with E-state index in [9.17, 15) is 32.3 Å². The lowest BCUT2D eigenvalue weighted by Crippen LogP contribution is -2.42. The first-order valence-electron chi connectivity index (χ1n) is 16.1. The number of amides is 3. The van der Waals surface area contributed by atoms with Crippen molar-refractivity contribution in [2.24, 2.45) is 29.6 Å². The van der Waals surface area contributed by atoms with Gasteiger partial charge in [-0.3, -0.25) is 24.1 Å². The number of benzene rings is 2. The maximum atomic E-state index is 14.0. The SMILES string of the molecule is COc1cc([C@H]2c3sc(=O)[nH]c3SC3C2[C@H]2C[C@@H]3C3C(=O)N(c4cccc(C(F)(F)F)c4)C(=O)C32)ccc1OCC(=O)N1CCCCC1. The van der Waals surface area contributed by atoms with E-state index < -0.39 is 35.4 Å². The number of hydrogen-bond acceptors (Lipinski definition) is 8. The van der Waals surface area contributed by atoms with Crippen molar-refractivity contribution in [2.75, 3.05) is 31.7 Å². The van der Waals surface area contributed by atoms with Crippen LogP contribution in [0.4, 0.5) is 18.9 Å². The van der Waals surface area contributed by atoms with E-state index in [2.05, 4.69) is 4.98 Å². The van der Waals surface area contributed by atoms with Crippen LogP contribution >= 0.6 is 23.1 Å². The number of aromatic nitrogens is 1. The highest BCUT2D eigenvalue weighted by atomic mass is 32.2. The number of nitrogens with one attached hydrogen (secondary N) is 1. The highest BCUT2D eigenvalue weighted by Crippen LogP contribution is 2.69. The lowest BCUT2D eigenvalue weighted by Gasteiger charge is -2.43. The van der Waals surface area contributed by atoms with E-state index in [1.165, 1.54) is 31.0 Å². The molecule has 0 radical (unpaired) electrons. The van der Waals surface area contributed by atoms with Crippen molar-refractivity contribution in [3.8, 4) is 11.5 Å². The van der Waals surface area contributed by atoms with Gasteiger partial charge in [-0.1, -0.05) is 23.5 Å². The Morgan fingerprint density at radius 2 is 1.73 bits per heavy atom. The monoisotopic (exact) mass is 699 g/mol. The Kier molecular flexibility index (Phi) is 7.66. The summed E-state index contributed by atoms with van der Waals surface area (Å²) in [6.07, 6.45) is -0.913. The third-order valence-corrected chi connectivity index (χ3v) is 13.4. The number of imide groups is 1. The third kappa shape index (κ3) is 4.96. The van der Waals surface area contributed by atoms with Crippen molar-refractivity contribution in [3.05, 3.63) is 68.1 Å². The van der Waals surface area contributed by atoms with Crippen LogP contribution in [-0.2, 0) is 20.6 Å². The minimum Gasteiger partial charge on any atom is -0.493 e. The zero-order valence-corrected chi connectivity index (χ0v) is 27.5. The maximum Gasteiger partial charge on any atom is 0.416 e. The largest absolute Gasteiger partial charge is 0.493 e. The van der Waals surface area contributed by atoms with Gasteiger partial charge in [0.2, 0.25) is 11.8 Å². The molecule has 252 valence electrons. The summed E-state index contributed by atoms with van der Waals surface area (Å²) >= 11 is 2.65. The van der Waals surface area contributed by atoms with Crippen LogP contribution in [0.25, 0.3) is 0 Å². The summed E-state index contributed by atoms with van der Waals surface area (Å²) in [6, 6.07) is 9.88. The number of ether oxygens (including phenoxy) is 2. The zero-order chi connectivity index (χ0) is 33.5. The van der Waals surface area contributed by atoms with E-state index in [0.717, 1.165) is 76.2 Å². The minimum atomic E-state index is -4.62. The van der Waals surface area contributed by atoms with E-state index >= 15 is 0 Å².